The van der Waals surface area contributed by atoms with Crippen molar-refractivity contribution in [2.24, 2.45) is 0 Å². The number of nitrogens with one attached hydrogen (secondary N) is 1. The predicted molar refractivity (Wildman–Crippen MR) is 102 cm³/mol. The van der Waals surface area contributed by atoms with Crippen molar-refractivity contribution in [1.82, 2.24) is 9.78 Å². The molecule has 1 saturated carbocycles. The van der Waals surface area contributed by atoms with Crippen LogP contribution < -0.4 is 14.8 Å². The molecule has 0 bridgehead atoms. The average molecular weight is 355 g/mol. The highest BCUT2D eigenvalue weighted by atomic mass is 16.5. The smallest absolute Gasteiger partial charge is 0.249 e. The van der Waals surface area contributed by atoms with E-state index >= 15 is 0 Å². The lowest BCUT2D eigenvalue weighted by Crippen LogP contribution is -2.19. The van der Waals surface area contributed by atoms with Gasteiger partial charge in [-0.25, -0.2) is 4.68 Å². The SMILES string of the molecule is COc1ccc(C=CC(=O)Nc2ccnn2C2CCCCC2)cc1OC. The second kappa shape index (κ2) is 8.56. The van der Waals surface area contributed by atoms with Crippen molar-refractivity contribution in [3.63, 3.8) is 0 Å². The third-order valence-electron chi connectivity index (χ3n) is 4.68. The van der Waals surface area contributed by atoms with Gasteiger partial charge >= 0.3 is 0 Å². The quantitative estimate of drug-likeness (QED) is 0.794. The van der Waals surface area contributed by atoms with Crippen molar-refractivity contribution in [3.8, 4) is 11.5 Å². The van der Waals surface area contributed by atoms with Crippen molar-refractivity contribution >= 4 is 17.8 Å². The maximum Gasteiger partial charge on any atom is 0.249 e. The molecule has 0 radical (unpaired) electrons. The summed E-state index contributed by atoms with van der Waals surface area (Å²) in [6.45, 7) is 0. The first-order chi connectivity index (χ1) is 12.7. The number of carbonyl (C=O) groups excluding carboxylic acids is 1. The zero-order valence-corrected chi connectivity index (χ0v) is 15.3. The number of nitrogens with zero attached hydrogens (tertiary/aromatic N) is 2. The van der Waals surface area contributed by atoms with Gasteiger partial charge in [0.25, 0.3) is 0 Å². The van der Waals surface area contributed by atoms with Crippen LogP contribution in [0.2, 0.25) is 0 Å². The number of benzene rings is 1. The number of ether oxygens (including phenoxy) is 2. The highest BCUT2D eigenvalue weighted by Crippen LogP contribution is 2.30. The van der Waals surface area contributed by atoms with Crippen LogP contribution in [-0.2, 0) is 4.79 Å². The Bertz CT molecular complexity index is 776. The van der Waals surface area contributed by atoms with Gasteiger partial charge in [-0.05, 0) is 36.6 Å². The molecule has 1 fully saturated rings. The van der Waals surface area contributed by atoms with Crippen LogP contribution in [0.25, 0.3) is 6.08 Å². The first kappa shape index (κ1) is 18.0. The number of amides is 1. The van der Waals surface area contributed by atoms with Crippen molar-refractivity contribution in [2.75, 3.05) is 19.5 Å². The predicted octanol–water partition coefficient (Wildman–Crippen LogP) is 4.06. The number of methoxy groups -OCH3 is 2. The van der Waals surface area contributed by atoms with Gasteiger partial charge in [-0.15, -0.1) is 0 Å². The van der Waals surface area contributed by atoms with Crippen molar-refractivity contribution in [2.45, 2.75) is 38.1 Å². The fourth-order valence-electron chi connectivity index (χ4n) is 3.33. The summed E-state index contributed by atoms with van der Waals surface area (Å²) in [6.07, 6.45) is 11.0. The molecule has 0 atom stereocenters. The molecule has 1 aliphatic carbocycles. The highest BCUT2D eigenvalue weighted by molar-refractivity contribution is 6.01. The Kier molecular flexibility index (Phi) is 5.94. The zero-order valence-electron chi connectivity index (χ0n) is 15.3. The highest BCUT2D eigenvalue weighted by Gasteiger charge is 2.18. The molecule has 138 valence electrons. The van der Waals surface area contributed by atoms with Crippen LogP contribution in [0, 0.1) is 0 Å². The van der Waals surface area contributed by atoms with E-state index in [-0.39, 0.29) is 5.91 Å². The van der Waals surface area contributed by atoms with E-state index in [1.165, 1.54) is 25.3 Å². The number of hydrogen-bond donors (Lipinski definition) is 1. The summed E-state index contributed by atoms with van der Waals surface area (Å²) in [4.78, 5) is 12.3. The zero-order chi connectivity index (χ0) is 18.4. The minimum atomic E-state index is -0.183. The van der Waals surface area contributed by atoms with Crippen LogP contribution in [0.5, 0.6) is 11.5 Å². The first-order valence-corrected chi connectivity index (χ1v) is 8.96. The Morgan fingerprint density at radius 3 is 2.65 bits per heavy atom. The molecule has 6 nitrogen and oxygen atoms in total. The van der Waals surface area contributed by atoms with E-state index in [1.54, 1.807) is 26.5 Å². The lowest BCUT2D eigenvalue weighted by Gasteiger charge is -2.23. The van der Waals surface area contributed by atoms with Crippen LogP contribution in [0.4, 0.5) is 5.82 Å². The van der Waals surface area contributed by atoms with Gasteiger partial charge in [0.1, 0.15) is 5.82 Å². The lowest BCUT2D eigenvalue weighted by atomic mass is 9.96. The summed E-state index contributed by atoms with van der Waals surface area (Å²) < 4.78 is 12.4. The monoisotopic (exact) mass is 355 g/mol. The van der Waals surface area contributed by atoms with Crippen molar-refractivity contribution in [3.05, 3.63) is 42.1 Å². The largest absolute Gasteiger partial charge is 0.493 e. The standard InChI is InChI=1S/C20H25N3O3/c1-25-17-10-8-15(14-18(17)26-2)9-11-20(24)22-19-12-13-21-23(19)16-6-4-3-5-7-16/h8-14,16H,3-7H2,1-2H3,(H,22,24). The lowest BCUT2D eigenvalue weighted by molar-refractivity contribution is -0.111. The van der Waals surface area contributed by atoms with Crippen molar-refractivity contribution < 1.29 is 14.3 Å². The van der Waals surface area contributed by atoms with E-state index in [0.29, 0.717) is 17.5 Å². The molecule has 0 aliphatic heterocycles. The average Bonchev–Trinajstić information content (AvgIpc) is 3.14. The molecule has 26 heavy (non-hydrogen) atoms. The normalized spacial score (nSPS) is 15.2. The van der Waals surface area contributed by atoms with Crippen LogP contribution in [0.1, 0.15) is 43.7 Å². The van der Waals surface area contributed by atoms with Gasteiger partial charge in [-0.1, -0.05) is 25.3 Å². The van der Waals surface area contributed by atoms with Crippen LogP contribution in [0.3, 0.4) is 0 Å². The molecule has 1 N–H and O–H groups in total. The molecule has 1 aromatic heterocycles. The summed E-state index contributed by atoms with van der Waals surface area (Å²) in [5, 5.41) is 7.33. The summed E-state index contributed by atoms with van der Waals surface area (Å²) >= 11 is 0. The summed E-state index contributed by atoms with van der Waals surface area (Å²) in [7, 11) is 3.18. The summed E-state index contributed by atoms with van der Waals surface area (Å²) in [6, 6.07) is 7.74. The second-order valence-electron chi connectivity index (χ2n) is 6.39. The van der Waals surface area contributed by atoms with Gasteiger partial charge in [0, 0.05) is 12.1 Å². The Balaban J connectivity index is 1.66. The van der Waals surface area contributed by atoms with E-state index in [1.807, 2.05) is 28.9 Å². The molecule has 2 aromatic rings. The third kappa shape index (κ3) is 4.25. The Labute approximate surface area is 153 Å². The number of carbonyl (C=O) groups is 1. The number of hydrogen-bond acceptors (Lipinski definition) is 4. The van der Waals surface area contributed by atoms with E-state index in [9.17, 15) is 4.79 Å². The summed E-state index contributed by atoms with van der Waals surface area (Å²) in [5.41, 5.74) is 0.860. The molecule has 0 saturated heterocycles. The molecule has 1 aliphatic rings. The van der Waals surface area contributed by atoms with Crippen LogP contribution in [0.15, 0.2) is 36.5 Å². The molecule has 6 heteroatoms. The fourth-order valence-corrected chi connectivity index (χ4v) is 3.33. The van der Waals surface area contributed by atoms with E-state index in [2.05, 4.69) is 10.4 Å². The fraction of sp³-hybridized carbons (Fsp3) is 0.400. The Hall–Kier alpha value is -2.76. The second-order valence-corrected chi connectivity index (χ2v) is 6.39. The Morgan fingerprint density at radius 1 is 1.15 bits per heavy atom. The van der Waals surface area contributed by atoms with E-state index < -0.39 is 0 Å². The number of anilines is 1. The van der Waals surface area contributed by atoms with Crippen molar-refractivity contribution in [1.29, 1.82) is 0 Å². The molecule has 1 amide bonds. The topological polar surface area (TPSA) is 65.4 Å². The molecule has 1 heterocycles. The van der Waals surface area contributed by atoms with Crippen LogP contribution in [-0.4, -0.2) is 29.9 Å². The van der Waals surface area contributed by atoms with Gasteiger partial charge in [0.05, 0.1) is 26.5 Å². The van der Waals surface area contributed by atoms with Gasteiger partial charge in [-0.2, -0.15) is 5.10 Å². The minimum Gasteiger partial charge on any atom is -0.493 e. The molecule has 0 spiro atoms. The Morgan fingerprint density at radius 2 is 1.92 bits per heavy atom. The molecular weight excluding hydrogens is 330 g/mol. The molecule has 3 rings (SSSR count). The van der Waals surface area contributed by atoms with Gasteiger partial charge in [0.15, 0.2) is 11.5 Å². The molecule has 1 aromatic carbocycles. The maximum atomic E-state index is 12.3. The van der Waals surface area contributed by atoms with Gasteiger partial charge in [-0.3, -0.25) is 4.79 Å². The van der Waals surface area contributed by atoms with Gasteiger partial charge in [0.2, 0.25) is 5.91 Å². The summed E-state index contributed by atoms with van der Waals surface area (Å²) in [5.74, 6) is 1.85. The van der Waals surface area contributed by atoms with Crippen LogP contribution >= 0.6 is 0 Å². The number of aromatic nitrogens is 2. The van der Waals surface area contributed by atoms with Gasteiger partial charge < -0.3 is 14.8 Å². The van der Waals surface area contributed by atoms with E-state index in [4.69, 9.17) is 9.47 Å². The molecular formula is C20H25N3O3. The first-order valence-electron chi connectivity index (χ1n) is 8.96. The number of rotatable bonds is 6. The molecule has 0 unspecified atom stereocenters. The maximum absolute atomic E-state index is 12.3. The van der Waals surface area contributed by atoms with E-state index in [0.717, 1.165) is 24.2 Å². The minimum absolute atomic E-state index is 0.183. The third-order valence-corrected chi connectivity index (χ3v) is 4.68.